The number of rotatable bonds is 1. The quantitative estimate of drug-likeness (QED) is 0.562. The predicted octanol–water partition coefficient (Wildman–Crippen LogP) is 0.625. The zero-order valence-corrected chi connectivity index (χ0v) is 6.55. The summed E-state index contributed by atoms with van der Waals surface area (Å²) in [4.78, 5) is -1.01. The summed E-state index contributed by atoms with van der Waals surface area (Å²) in [5.41, 5.74) is 0. The average molecular weight is 224 g/mol. The van der Waals surface area contributed by atoms with Gasteiger partial charge in [0.25, 0.3) is 10.1 Å². The molecule has 1 aromatic heterocycles. The van der Waals surface area contributed by atoms with Gasteiger partial charge in [-0.15, -0.1) is 0 Å². The molecule has 0 aliphatic rings. The molecule has 0 bridgehead atoms. The van der Waals surface area contributed by atoms with Crippen molar-refractivity contribution in [2.45, 2.75) is 4.90 Å². The molecule has 8 heteroatoms. The van der Waals surface area contributed by atoms with E-state index in [1.165, 1.54) is 0 Å². The average Bonchev–Trinajstić information content (AvgIpc) is 2.08. The summed E-state index contributed by atoms with van der Waals surface area (Å²) in [5, 5.41) is -2.24. The molecule has 0 aromatic carbocycles. The van der Waals surface area contributed by atoms with Gasteiger partial charge in [-0.25, -0.2) is 0 Å². The van der Waals surface area contributed by atoms with Crippen LogP contribution < -0.4 is 0 Å². The Bertz CT molecular complexity index is 372. The minimum atomic E-state index is -4.62. The van der Waals surface area contributed by atoms with Crippen molar-refractivity contribution < 1.29 is 21.8 Å². The fourth-order valence-corrected chi connectivity index (χ4v) is 1.98. The van der Waals surface area contributed by atoms with Gasteiger partial charge in [-0.05, 0) is 0 Å². The van der Waals surface area contributed by atoms with E-state index in [1.807, 2.05) is 0 Å². The molecule has 0 aliphatic carbocycles. The molecule has 0 fully saturated rings. The Morgan fingerprint density at radius 1 is 1.42 bits per heavy atom. The topological polar surface area (TPSA) is 54.4 Å². The molecule has 0 aliphatic heterocycles. The normalized spacial score (nSPS) is 10.9. The number of hydrogen-bond donors (Lipinski definition) is 1. The van der Waals surface area contributed by atoms with Crippen LogP contribution in [0.3, 0.4) is 0 Å². The fraction of sp³-hybridized carbons (Fsp3) is 0. The summed E-state index contributed by atoms with van der Waals surface area (Å²) < 4.78 is 53.2. The van der Waals surface area contributed by atoms with Gasteiger partial charge in [-0.1, -0.05) is 11.3 Å². The summed E-state index contributed by atoms with van der Waals surface area (Å²) in [6.45, 7) is 0. The van der Waals surface area contributed by atoms with E-state index >= 15 is 0 Å². The zero-order valence-electron chi connectivity index (χ0n) is 4.91. The Morgan fingerprint density at radius 3 is 2.08 bits per heavy atom. The Kier molecular flexibility index (Phi) is 4.28. The molecule has 1 N–H and O–H groups in total. The van der Waals surface area contributed by atoms with Crippen molar-refractivity contribution in [1.29, 1.82) is 0 Å². The van der Waals surface area contributed by atoms with Crippen LogP contribution in [-0.4, -0.2) is 42.5 Å². The summed E-state index contributed by atoms with van der Waals surface area (Å²) in [7, 11) is -4.62. The van der Waals surface area contributed by atoms with Gasteiger partial charge in [-0.2, -0.15) is 17.2 Å². The molecule has 0 saturated carbocycles. The molecule has 1 aromatic rings. The van der Waals surface area contributed by atoms with Crippen LogP contribution in [0.2, 0.25) is 0 Å². The molecule has 0 spiro atoms. The zero-order chi connectivity index (χ0) is 8.65. The monoisotopic (exact) mass is 224 g/mol. The molecule has 1 rings (SSSR count). The van der Waals surface area contributed by atoms with Crippen LogP contribution in [0.15, 0.2) is 11.0 Å². The van der Waals surface area contributed by atoms with Gasteiger partial charge in [0.2, 0.25) is 0 Å². The first-order valence-electron chi connectivity index (χ1n) is 2.33. The summed E-state index contributed by atoms with van der Waals surface area (Å²) in [6.07, 6.45) is 0. The second-order valence-electron chi connectivity index (χ2n) is 1.66. The van der Waals surface area contributed by atoms with Crippen LogP contribution in [0.1, 0.15) is 0 Å². The molecule has 64 valence electrons. The molecule has 0 unspecified atom stereocenters. The van der Waals surface area contributed by atoms with E-state index in [0.29, 0.717) is 6.07 Å². The Hall–Kier alpha value is 0.470. The van der Waals surface area contributed by atoms with Gasteiger partial charge in [0.15, 0.2) is 10.3 Å². The summed E-state index contributed by atoms with van der Waals surface area (Å²) in [5.74, 6) is 0. The van der Waals surface area contributed by atoms with E-state index < -0.39 is 25.3 Å². The second-order valence-corrected chi connectivity index (χ2v) is 4.01. The van der Waals surface area contributed by atoms with E-state index in [9.17, 15) is 17.2 Å². The van der Waals surface area contributed by atoms with Crippen molar-refractivity contribution in [3.8, 4) is 0 Å². The molecule has 0 atom stereocenters. The van der Waals surface area contributed by atoms with Crippen molar-refractivity contribution in [2.24, 2.45) is 0 Å². The van der Waals surface area contributed by atoms with Gasteiger partial charge < -0.3 is 0 Å². The van der Waals surface area contributed by atoms with Crippen LogP contribution in [0.5, 0.6) is 0 Å². The first kappa shape index (κ1) is 12.5. The molecular weight excluding hydrogens is 221 g/mol. The van der Waals surface area contributed by atoms with Crippen LogP contribution in [0.4, 0.5) is 8.78 Å². The molecule has 12 heavy (non-hydrogen) atoms. The third kappa shape index (κ3) is 2.75. The molecular formula is C4H3F2NaO3S2. The maximum absolute atomic E-state index is 12.3. The van der Waals surface area contributed by atoms with Crippen molar-refractivity contribution in [1.82, 2.24) is 0 Å². The minimum absolute atomic E-state index is 0. The second kappa shape index (κ2) is 4.12. The van der Waals surface area contributed by atoms with Crippen molar-refractivity contribution in [3.05, 3.63) is 16.3 Å². The van der Waals surface area contributed by atoms with E-state index in [0.717, 1.165) is 0 Å². The van der Waals surface area contributed by atoms with Crippen molar-refractivity contribution in [2.75, 3.05) is 0 Å². The van der Waals surface area contributed by atoms with E-state index in [1.54, 1.807) is 0 Å². The third-order valence-electron chi connectivity index (χ3n) is 0.903. The maximum atomic E-state index is 12.3. The van der Waals surface area contributed by atoms with E-state index in [-0.39, 0.29) is 40.9 Å². The van der Waals surface area contributed by atoms with Crippen molar-refractivity contribution >= 4 is 51.0 Å². The van der Waals surface area contributed by atoms with E-state index in [2.05, 4.69) is 0 Å². The standard InChI is InChI=1S/C4H2F2O3S2.Na.H/c5-3-1-2(4(6)10-3)11(7,8)9;;/h1H,(H,7,8,9);;. The van der Waals surface area contributed by atoms with Gasteiger partial charge in [0.05, 0.1) is 0 Å². The summed E-state index contributed by atoms with van der Waals surface area (Å²) >= 11 is 0.0236. The SMILES string of the molecule is O=S(=O)(O)c1cc(F)sc1F.[NaH]. The van der Waals surface area contributed by atoms with Gasteiger partial charge in [0.1, 0.15) is 4.90 Å². The van der Waals surface area contributed by atoms with Gasteiger partial charge in [0, 0.05) is 6.07 Å². The first-order valence-corrected chi connectivity index (χ1v) is 4.59. The van der Waals surface area contributed by atoms with Crippen LogP contribution in [0.25, 0.3) is 0 Å². The number of thiophene rings is 1. The summed E-state index contributed by atoms with van der Waals surface area (Å²) in [6, 6.07) is 0.426. The van der Waals surface area contributed by atoms with Crippen LogP contribution in [0, 0.1) is 10.3 Å². The molecule has 3 nitrogen and oxygen atoms in total. The molecule has 0 amide bonds. The van der Waals surface area contributed by atoms with Gasteiger partial charge >= 0.3 is 29.6 Å². The van der Waals surface area contributed by atoms with Crippen LogP contribution in [-0.2, 0) is 10.1 Å². The predicted molar refractivity (Wildman–Crippen MR) is 41.2 cm³/mol. The molecule has 1 heterocycles. The third-order valence-corrected chi connectivity index (χ3v) is 2.60. The van der Waals surface area contributed by atoms with E-state index in [4.69, 9.17) is 4.55 Å². The number of hydrogen-bond acceptors (Lipinski definition) is 3. The fourth-order valence-electron chi connectivity index (χ4n) is 0.501. The van der Waals surface area contributed by atoms with Crippen molar-refractivity contribution in [3.63, 3.8) is 0 Å². The number of halogens is 2. The molecule has 0 saturated heterocycles. The Balaban J connectivity index is 0.00000121. The Morgan fingerprint density at radius 2 is 1.92 bits per heavy atom. The molecule has 0 radical (unpaired) electrons. The Labute approximate surface area is 93.4 Å². The van der Waals surface area contributed by atoms with Gasteiger partial charge in [-0.3, -0.25) is 4.55 Å². The van der Waals surface area contributed by atoms with Crippen LogP contribution >= 0.6 is 11.3 Å². The first-order chi connectivity index (χ1) is 4.91.